The van der Waals surface area contributed by atoms with Crippen LogP contribution in [0.25, 0.3) is 53.4 Å². The quantitative estimate of drug-likeness (QED) is 0.305. The molecule has 0 spiro atoms. The van der Waals surface area contributed by atoms with Crippen LogP contribution in [-0.4, -0.2) is 4.98 Å². The zero-order valence-electron chi connectivity index (χ0n) is 14.7. The summed E-state index contributed by atoms with van der Waals surface area (Å²) in [6.07, 6.45) is 2.00. The number of para-hydroxylation sites is 1. The maximum absolute atomic E-state index is 6.25. The highest BCUT2D eigenvalue weighted by Gasteiger charge is 2.16. The van der Waals surface area contributed by atoms with E-state index in [0.29, 0.717) is 0 Å². The van der Waals surface area contributed by atoms with E-state index >= 15 is 0 Å². The summed E-state index contributed by atoms with van der Waals surface area (Å²) in [6.45, 7) is 2.14. The first-order chi connectivity index (χ1) is 13.3. The molecule has 0 radical (unpaired) electrons. The summed E-state index contributed by atoms with van der Waals surface area (Å²) in [7, 11) is 0. The third-order valence-corrected chi connectivity index (χ3v) is 6.41. The Morgan fingerprint density at radius 3 is 2.56 bits per heavy atom. The van der Waals surface area contributed by atoms with Crippen molar-refractivity contribution < 1.29 is 4.42 Å². The minimum absolute atomic E-state index is 0.921. The first-order valence-electron chi connectivity index (χ1n) is 8.98. The van der Waals surface area contributed by atoms with E-state index in [2.05, 4.69) is 61.5 Å². The van der Waals surface area contributed by atoms with Crippen molar-refractivity contribution >= 4 is 53.4 Å². The van der Waals surface area contributed by atoms with Crippen LogP contribution in [0.3, 0.4) is 0 Å². The Balaban J connectivity index is 1.67. The molecule has 3 heterocycles. The standard InChI is InChI=1S/C24H15NOS/c1-14-10-11-16(24-23(14)17-7-2-4-8-20(17)26-24)19-12-22-18(13-25-19)15-6-3-5-9-21(15)27-22/h2-13H,1H3. The molecule has 27 heavy (non-hydrogen) atoms. The van der Waals surface area contributed by atoms with Gasteiger partial charge >= 0.3 is 0 Å². The third kappa shape index (κ3) is 2.09. The number of nitrogens with zero attached hydrogens (tertiary/aromatic N) is 1. The number of furan rings is 1. The van der Waals surface area contributed by atoms with Gasteiger partial charge < -0.3 is 4.42 Å². The number of benzene rings is 3. The van der Waals surface area contributed by atoms with Crippen molar-refractivity contribution in [2.24, 2.45) is 0 Å². The molecule has 6 aromatic rings. The van der Waals surface area contributed by atoms with Crippen molar-refractivity contribution in [2.75, 3.05) is 0 Å². The van der Waals surface area contributed by atoms with Crippen LogP contribution >= 0.6 is 11.3 Å². The maximum atomic E-state index is 6.25. The Hall–Kier alpha value is -3.17. The summed E-state index contributed by atoms with van der Waals surface area (Å²) in [5.74, 6) is 0. The van der Waals surface area contributed by atoms with Gasteiger partial charge in [-0.15, -0.1) is 11.3 Å². The van der Waals surface area contributed by atoms with Gasteiger partial charge in [-0.1, -0.05) is 42.5 Å². The van der Waals surface area contributed by atoms with Gasteiger partial charge in [0, 0.05) is 42.7 Å². The number of hydrogen-bond donors (Lipinski definition) is 0. The molecule has 3 heteroatoms. The predicted molar refractivity (Wildman–Crippen MR) is 115 cm³/mol. The maximum Gasteiger partial charge on any atom is 0.145 e. The summed E-state index contributed by atoms with van der Waals surface area (Å²) in [5.41, 5.74) is 5.07. The summed E-state index contributed by atoms with van der Waals surface area (Å²) < 4.78 is 8.80. The molecule has 3 aromatic carbocycles. The van der Waals surface area contributed by atoms with Crippen LogP contribution in [-0.2, 0) is 0 Å². The van der Waals surface area contributed by atoms with E-state index in [4.69, 9.17) is 9.40 Å². The zero-order valence-corrected chi connectivity index (χ0v) is 15.5. The van der Waals surface area contributed by atoms with Crippen LogP contribution in [0.1, 0.15) is 5.56 Å². The Bertz CT molecular complexity index is 1490. The molecule has 0 saturated carbocycles. The van der Waals surface area contributed by atoms with Crippen LogP contribution in [0.5, 0.6) is 0 Å². The van der Waals surface area contributed by atoms with Gasteiger partial charge in [0.25, 0.3) is 0 Å². The molecule has 0 fully saturated rings. The number of fused-ring (bicyclic) bond motifs is 6. The molecule has 0 bridgehead atoms. The molecule has 128 valence electrons. The topological polar surface area (TPSA) is 26.0 Å². The average molecular weight is 365 g/mol. The van der Waals surface area contributed by atoms with Gasteiger partial charge in [0.2, 0.25) is 0 Å². The third-order valence-electron chi connectivity index (χ3n) is 5.27. The summed E-state index contributed by atoms with van der Waals surface area (Å²) in [6, 6.07) is 23.2. The number of hydrogen-bond acceptors (Lipinski definition) is 3. The van der Waals surface area contributed by atoms with Gasteiger partial charge in [0.05, 0.1) is 5.69 Å². The molecule has 0 saturated heterocycles. The van der Waals surface area contributed by atoms with E-state index in [1.807, 2.05) is 29.7 Å². The van der Waals surface area contributed by atoms with Crippen molar-refractivity contribution in [3.05, 3.63) is 78.5 Å². The Morgan fingerprint density at radius 1 is 0.815 bits per heavy atom. The van der Waals surface area contributed by atoms with E-state index in [0.717, 1.165) is 27.8 Å². The van der Waals surface area contributed by atoms with Crippen molar-refractivity contribution in [3.63, 3.8) is 0 Å². The number of pyridine rings is 1. The van der Waals surface area contributed by atoms with Crippen molar-refractivity contribution in [1.82, 2.24) is 4.98 Å². The summed E-state index contributed by atoms with van der Waals surface area (Å²) in [4.78, 5) is 4.80. The number of aromatic nitrogens is 1. The van der Waals surface area contributed by atoms with Crippen LogP contribution in [0, 0.1) is 6.92 Å². The molecule has 0 atom stereocenters. The second kappa shape index (κ2) is 5.41. The largest absolute Gasteiger partial charge is 0.455 e. The highest BCUT2D eigenvalue weighted by atomic mass is 32.1. The second-order valence-corrected chi connectivity index (χ2v) is 7.98. The van der Waals surface area contributed by atoms with E-state index in [9.17, 15) is 0 Å². The normalized spacial score (nSPS) is 11.9. The fourth-order valence-electron chi connectivity index (χ4n) is 3.96. The highest BCUT2D eigenvalue weighted by Crippen LogP contribution is 2.39. The lowest BCUT2D eigenvalue weighted by molar-refractivity contribution is 0.669. The number of aryl methyl sites for hydroxylation is 1. The lowest BCUT2D eigenvalue weighted by Gasteiger charge is -2.04. The zero-order chi connectivity index (χ0) is 18.0. The van der Waals surface area contributed by atoms with Gasteiger partial charge in [-0.3, -0.25) is 4.98 Å². The second-order valence-electron chi connectivity index (χ2n) is 6.90. The molecule has 0 aliphatic carbocycles. The summed E-state index contributed by atoms with van der Waals surface area (Å²) >= 11 is 1.81. The molecule has 0 unspecified atom stereocenters. The minimum atomic E-state index is 0.921. The molecular formula is C24H15NOS. The first kappa shape index (κ1) is 14.9. The molecule has 0 aliphatic rings. The molecule has 3 aromatic heterocycles. The van der Waals surface area contributed by atoms with E-state index in [1.165, 1.54) is 31.1 Å². The van der Waals surface area contributed by atoms with Crippen molar-refractivity contribution in [3.8, 4) is 11.3 Å². The van der Waals surface area contributed by atoms with Crippen molar-refractivity contribution in [2.45, 2.75) is 6.92 Å². The van der Waals surface area contributed by atoms with Gasteiger partial charge in [0.1, 0.15) is 11.2 Å². The Kier molecular flexibility index (Phi) is 3.00. The van der Waals surface area contributed by atoms with Crippen LogP contribution < -0.4 is 0 Å². The fraction of sp³-hybridized carbons (Fsp3) is 0.0417. The molecule has 0 N–H and O–H groups in total. The fourth-order valence-corrected chi connectivity index (χ4v) is 5.08. The summed E-state index contributed by atoms with van der Waals surface area (Å²) in [5, 5.41) is 4.83. The molecule has 6 rings (SSSR count). The molecule has 0 aliphatic heterocycles. The lowest BCUT2D eigenvalue weighted by atomic mass is 10.0. The minimum Gasteiger partial charge on any atom is -0.455 e. The average Bonchev–Trinajstić information content (AvgIpc) is 3.26. The van der Waals surface area contributed by atoms with Gasteiger partial charge in [-0.25, -0.2) is 0 Å². The lowest BCUT2D eigenvalue weighted by Crippen LogP contribution is -1.85. The van der Waals surface area contributed by atoms with E-state index in [1.54, 1.807) is 0 Å². The van der Waals surface area contributed by atoms with E-state index < -0.39 is 0 Å². The predicted octanol–water partition coefficient (Wildman–Crippen LogP) is 7.32. The highest BCUT2D eigenvalue weighted by molar-refractivity contribution is 7.25. The van der Waals surface area contributed by atoms with E-state index in [-0.39, 0.29) is 0 Å². The first-order valence-corrected chi connectivity index (χ1v) is 9.80. The Labute approximate surface area is 159 Å². The van der Waals surface area contributed by atoms with Gasteiger partial charge in [-0.2, -0.15) is 0 Å². The molecular weight excluding hydrogens is 350 g/mol. The van der Waals surface area contributed by atoms with Crippen molar-refractivity contribution in [1.29, 1.82) is 0 Å². The number of thiophene rings is 1. The monoisotopic (exact) mass is 365 g/mol. The number of rotatable bonds is 1. The SMILES string of the molecule is Cc1ccc(-c2cc3sc4ccccc4c3cn2)c2oc3ccccc3c12. The van der Waals surface area contributed by atoms with Crippen LogP contribution in [0.4, 0.5) is 0 Å². The van der Waals surface area contributed by atoms with Gasteiger partial charge in [0.15, 0.2) is 0 Å². The smallest absolute Gasteiger partial charge is 0.145 e. The van der Waals surface area contributed by atoms with Crippen LogP contribution in [0.15, 0.2) is 77.3 Å². The molecule has 2 nitrogen and oxygen atoms in total. The van der Waals surface area contributed by atoms with Crippen LogP contribution in [0.2, 0.25) is 0 Å². The Morgan fingerprint density at radius 2 is 1.63 bits per heavy atom. The molecule has 0 amide bonds. The van der Waals surface area contributed by atoms with Gasteiger partial charge in [-0.05, 0) is 36.8 Å².